The molecule has 1 fully saturated rings. The number of aliphatic hydroxyl groups excluding tert-OH is 1. The van der Waals surface area contributed by atoms with Crippen LogP contribution in [0.25, 0.3) is 10.8 Å². The van der Waals surface area contributed by atoms with Gasteiger partial charge in [-0.15, -0.1) is 0 Å². The fourth-order valence-electron chi connectivity index (χ4n) is 3.13. The number of benzene rings is 2. The minimum absolute atomic E-state index is 0.292. The molecule has 0 amide bonds. The average Bonchev–Trinajstić information content (AvgIpc) is 2.91. The van der Waals surface area contributed by atoms with Crippen molar-refractivity contribution in [1.82, 2.24) is 0 Å². The molecule has 0 spiro atoms. The predicted octanol–water partition coefficient (Wildman–Crippen LogP) is 3.58. The van der Waals surface area contributed by atoms with Crippen LogP contribution in [-0.2, 0) is 0 Å². The zero-order valence-electron chi connectivity index (χ0n) is 12.4. The Morgan fingerprint density at radius 3 is 2.57 bits per heavy atom. The number of rotatable bonds is 4. The van der Waals surface area contributed by atoms with E-state index in [9.17, 15) is 10.2 Å². The maximum absolute atomic E-state index is 10.5. The minimum atomic E-state index is -0.715. The summed E-state index contributed by atoms with van der Waals surface area (Å²) < 4.78 is 5.99. The van der Waals surface area contributed by atoms with E-state index in [1.807, 2.05) is 36.4 Å². The molecule has 0 aromatic heterocycles. The second-order valence-corrected chi connectivity index (χ2v) is 6.10. The second-order valence-electron chi connectivity index (χ2n) is 6.10. The van der Waals surface area contributed by atoms with Crippen molar-refractivity contribution in [2.75, 3.05) is 6.61 Å². The SMILES string of the molecule is C[C@@H](O)c1ccc2ccccc2c1OCC1(O)CCCC1. The number of hydrogen-bond donors (Lipinski definition) is 2. The van der Waals surface area contributed by atoms with Gasteiger partial charge in [0.15, 0.2) is 0 Å². The standard InChI is InChI=1S/C18H22O3/c1-13(19)15-9-8-14-6-2-3-7-16(14)17(15)21-12-18(20)10-4-5-11-18/h2-3,6-9,13,19-20H,4-5,10-12H2,1H3/t13-/m1/s1. The summed E-state index contributed by atoms with van der Waals surface area (Å²) in [6.07, 6.45) is 3.10. The van der Waals surface area contributed by atoms with Gasteiger partial charge in [0.05, 0.1) is 11.7 Å². The highest BCUT2D eigenvalue weighted by Crippen LogP contribution is 2.36. The Balaban J connectivity index is 1.96. The Morgan fingerprint density at radius 1 is 1.14 bits per heavy atom. The number of fused-ring (bicyclic) bond motifs is 1. The number of ether oxygens (including phenoxy) is 1. The Kier molecular flexibility index (Phi) is 3.87. The van der Waals surface area contributed by atoms with Crippen LogP contribution in [0.4, 0.5) is 0 Å². The lowest BCUT2D eigenvalue weighted by atomic mass is 10.0. The molecule has 1 saturated carbocycles. The molecule has 112 valence electrons. The molecular formula is C18H22O3. The van der Waals surface area contributed by atoms with Gasteiger partial charge in [0, 0.05) is 10.9 Å². The van der Waals surface area contributed by atoms with Crippen LogP contribution in [0.2, 0.25) is 0 Å². The molecule has 2 aromatic rings. The molecule has 3 heteroatoms. The van der Waals surface area contributed by atoms with Crippen LogP contribution >= 0.6 is 0 Å². The van der Waals surface area contributed by atoms with Gasteiger partial charge < -0.3 is 14.9 Å². The van der Waals surface area contributed by atoms with E-state index in [1.165, 1.54) is 0 Å². The molecule has 2 aromatic carbocycles. The van der Waals surface area contributed by atoms with Crippen LogP contribution in [0.15, 0.2) is 36.4 Å². The molecular weight excluding hydrogens is 264 g/mol. The molecule has 2 N–H and O–H groups in total. The van der Waals surface area contributed by atoms with Gasteiger partial charge in [-0.3, -0.25) is 0 Å². The van der Waals surface area contributed by atoms with Crippen LogP contribution in [0, 0.1) is 0 Å². The molecule has 0 aliphatic heterocycles. The van der Waals surface area contributed by atoms with E-state index in [4.69, 9.17) is 4.74 Å². The van der Waals surface area contributed by atoms with E-state index in [0.29, 0.717) is 12.4 Å². The fraction of sp³-hybridized carbons (Fsp3) is 0.444. The Hall–Kier alpha value is -1.58. The summed E-state index contributed by atoms with van der Waals surface area (Å²) >= 11 is 0. The first-order chi connectivity index (χ1) is 10.1. The van der Waals surface area contributed by atoms with Gasteiger partial charge >= 0.3 is 0 Å². The van der Waals surface area contributed by atoms with Crippen molar-refractivity contribution in [3.05, 3.63) is 42.0 Å². The van der Waals surface area contributed by atoms with E-state index >= 15 is 0 Å². The highest BCUT2D eigenvalue weighted by molar-refractivity contribution is 5.89. The first kappa shape index (κ1) is 14.4. The van der Waals surface area contributed by atoms with Gasteiger partial charge in [0.25, 0.3) is 0 Å². The third-order valence-electron chi connectivity index (χ3n) is 4.38. The summed E-state index contributed by atoms with van der Waals surface area (Å²) in [7, 11) is 0. The molecule has 1 aliphatic carbocycles. The van der Waals surface area contributed by atoms with Gasteiger partial charge in [0.1, 0.15) is 12.4 Å². The quantitative estimate of drug-likeness (QED) is 0.903. The van der Waals surface area contributed by atoms with E-state index in [0.717, 1.165) is 42.0 Å². The van der Waals surface area contributed by atoms with Gasteiger partial charge in [-0.2, -0.15) is 0 Å². The Labute approximate surface area is 125 Å². The van der Waals surface area contributed by atoms with Crippen LogP contribution in [-0.4, -0.2) is 22.4 Å². The van der Waals surface area contributed by atoms with Crippen molar-refractivity contribution < 1.29 is 14.9 Å². The van der Waals surface area contributed by atoms with Crippen molar-refractivity contribution in [2.45, 2.75) is 44.3 Å². The summed E-state index contributed by atoms with van der Waals surface area (Å²) in [6.45, 7) is 2.03. The summed E-state index contributed by atoms with van der Waals surface area (Å²) in [6, 6.07) is 11.9. The third kappa shape index (κ3) is 2.89. The smallest absolute Gasteiger partial charge is 0.133 e. The summed E-state index contributed by atoms with van der Waals surface area (Å²) in [5.41, 5.74) is 0.0581. The molecule has 1 atom stereocenters. The fourth-order valence-corrected chi connectivity index (χ4v) is 3.13. The van der Waals surface area contributed by atoms with Crippen molar-refractivity contribution in [2.24, 2.45) is 0 Å². The molecule has 0 heterocycles. The van der Waals surface area contributed by atoms with Crippen molar-refractivity contribution >= 4 is 10.8 Å². The minimum Gasteiger partial charge on any atom is -0.490 e. The maximum Gasteiger partial charge on any atom is 0.133 e. The molecule has 0 radical (unpaired) electrons. The highest BCUT2D eigenvalue weighted by Gasteiger charge is 2.32. The first-order valence-electron chi connectivity index (χ1n) is 7.64. The summed E-state index contributed by atoms with van der Waals surface area (Å²) in [4.78, 5) is 0. The topological polar surface area (TPSA) is 49.7 Å². The zero-order chi connectivity index (χ0) is 14.9. The Morgan fingerprint density at radius 2 is 1.86 bits per heavy atom. The molecule has 0 unspecified atom stereocenters. The van der Waals surface area contributed by atoms with Crippen molar-refractivity contribution in [3.8, 4) is 5.75 Å². The summed E-state index contributed by atoms with van der Waals surface area (Å²) in [5, 5.41) is 22.5. The maximum atomic E-state index is 10.5. The van der Waals surface area contributed by atoms with Crippen LogP contribution in [0.1, 0.15) is 44.3 Å². The molecule has 3 nitrogen and oxygen atoms in total. The Bertz CT molecular complexity index is 627. The normalized spacial score (nSPS) is 18.8. The summed E-state index contributed by atoms with van der Waals surface area (Å²) in [5.74, 6) is 0.698. The molecule has 21 heavy (non-hydrogen) atoms. The molecule has 0 saturated heterocycles. The molecule has 0 bridgehead atoms. The highest BCUT2D eigenvalue weighted by atomic mass is 16.5. The van der Waals surface area contributed by atoms with Gasteiger partial charge in [-0.05, 0) is 25.2 Å². The van der Waals surface area contributed by atoms with E-state index in [1.54, 1.807) is 6.92 Å². The zero-order valence-corrected chi connectivity index (χ0v) is 12.4. The van der Waals surface area contributed by atoms with Crippen molar-refractivity contribution in [3.63, 3.8) is 0 Å². The number of aliphatic hydroxyl groups is 2. The van der Waals surface area contributed by atoms with Gasteiger partial charge in [-0.1, -0.05) is 49.2 Å². The van der Waals surface area contributed by atoms with E-state index in [2.05, 4.69) is 0 Å². The van der Waals surface area contributed by atoms with E-state index in [-0.39, 0.29) is 0 Å². The first-order valence-corrected chi connectivity index (χ1v) is 7.64. The lowest BCUT2D eigenvalue weighted by molar-refractivity contribution is 0.000981. The largest absolute Gasteiger partial charge is 0.490 e. The van der Waals surface area contributed by atoms with Crippen LogP contribution < -0.4 is 4.74 Å². The van der Waals surface area contributed by atoms with Crippen LogP contribution in [0.3, 0.4) is 0 Å². The van der Waals surface area contributed by atoms with Crippen molar-refractivity contribution in [1.29, 1.82) is 0 Å². The predicted molar refractivity (Wildman–Crippen MR) is 83.5 cm³/mol. The van der Waals surface area contributed by atoms with Crippen LogP contribution in [0.5, 0.6) is 5.75 Å². The number of hydrogen-bond acceptors (Lipinski definition) is 3. The molecule has 1 aliphatic rings. The van der Waals surface area contributed by atoms with E-state index < -0.39 is 11.7 Å². The monoisotopic (exact) mass is 286 g/mol. The lowest BCUT2D eigenvalue weighted by Crippen LogP contribution is -2.32. The lowest BCUT2D eigenvalue weighted by Gasteiger charge is -2.24. The third-order valence-corrected chi connectivity index (χ3v) is 4.38. The van der Waals surface area contributed by atoms with Gasteiger partial charge in [-0.25, -0.2) is 0 Å². The second kappa shape index (κ2) is 5.66. The molecule has 3 rings (SSSR count). The average molecular weight is 286 g/mol. The van der Waals surface area contributed by atoms with Gasteiger partial charge in [0.2, 0.25) is 0 Å².